The molecule has 5 rings (SSSR count). The number of para-hydroxylation sites is 3. The summed E-state index contributed by atoms with van der Waals surface area (Å²) in [4.78, 5) is 8.98. The third-order valence-electron chi connectivity index (χ3n) is 4.71. The minimum atomic E-state index is -3.94. The molecular weight excluding hydrogens is 434 g/mol. The van der Waals surface area contributed by atoms with Crippen molar-refractivity contribution < 1.29 is 13.5 Å². The normalized spacial score (nSPS) is 12.3. The summed E-state index contributed by atoms with van der Waals surface area (Å²) in [6.45, 7) is 0. The largest absolute Gasteiger partial charge is 0.507 e. The molecule has 0 saturated heterocycles. The number of sulfone groups is 1. The number of benzene rings is 2. The van der Waals surface area contributed by atoms with Crippen LogP contribution in [0, 0.1) is 0 Å². The molecule has 0 unspecified atom stereocenters. The maximum Gasteiger partial charge on any atom is 0.221 e. The fourth-order valence-corrected chi connectivity index (χ4v) is 5.82. The van der Waals surface area contributed by atoms with Crippen molar-refractivity contribution in [3.8, 4) is 5.75 Å². The maximum atomic E-state index is 13.4. The lowest BCUT2D eigenvalue weighted by Crippen LogP contribution is -2.05. The van der Waals surface area contributed by atoms with Gasteiger partial charge in [0.25, 0.3) is 0 Å². The maximum absolute atomic E-state index is 13.4. The lowest BCUT2D eigenvalue weighted by atomic mass is 10.2. The van der Waals surface area contributed by atoms with Crippen molar-refractivity contribution in [3.63, 3.8) is 0 Å². The summed E-state index contributed by atoms with van der Waals surface area (Å²) in [6, 6.07) is 16.9. The summed E-state index contributed by atoms with van der Waals surface area (Å²) in [5, 5.41) is 16.0. The van der Waals surface area contributed by atoms with Crippen molar-refractivity contribution in [1.29, 1.82) is 0 Å². The number of rotatable bonds is 4. The van der Waals surface area contributed by atoms with Gasteiger partial charge in [-0.3, -0.25) is 0 Å². The van der Waals surface area contributed by atoms with Crippen molar-refractivity contribution in [1.82, 2.24) is 14.6 Å². The van der Waals surface area contributed by atoms with Crippen LogP contribution in [0.25, 0.3) is 22.2 Å². The van der Waals surface area contributed by atoms with Crippen LogP contribution in [-0.4, -0.2) is 34.4 Å². The molecule has 0 atom stereocenters. The number of fused-ring (bicyclic) bond motifs is 2. The van der Waals surface area contributed by atoms with E-state index in [4.69, 9.17) is 5.73 Å². The zero-order chi connectivity index (χ0) is 21.6. The predicted molar refractivity (Wildman–Crippen MR) is 120 cm³/mol. The van der Waals surface area contributed by atoms with E-state index in [2.05, 4.69) is 15.1 Å². The molecule has 10 heteroatoms. The van der Waals surface area contributed by atoms with E-state index in [0.717, 1.165) is 11.3 Å². The molecule has 0 amide bonds. The molecule has 154 valence electrons. The SMILES string of the molecule is Nc1c(S(=O)(=O)c2cccs2)c2nc3ccccc3nc2n1N=Cc1ccccc1O. The molecule has 0 bridgehead atoms. The number of phenols is 1. The Morgan fingerprint density at radius 1 is 1.00 bits per heavy atom. The molecular formula is C21H15N5O3S2. The van der Waals surface area contributed by atoms with Crippen molar-refractivity contribution in [2.24, 2.45) is 5.10 Å². The number of anilines is 1. The number of nitrogens with two attached hydrogens (primary N) is 1. The van der Waals surface area contributed by atoms with E-state index in [1.165, 1.54) is 23.0 Å². The van der Waals surface area contributed by atoms with Gasteiger partial charge in [-0.25, -0.2) is 18.4 Å². The number of aromatic hydroxyl groups is 1. The Hall–Kier alpha value is -3.76. The quantitative estimate of drug-likeness (QED) is 0.404. The molecule has 3 N–H and O–H groups in total. The zero-order valence-corrected chi connectivity index (χ0v) is 17.5. The van der Waals surface area contributed by atoms with Crippen molar-refractivity contribution in [2.75, 3.05) is 5.73 Å². The third kappa shape index (κ3) is 3.13. The second-order valence-corrected chi connectivity index (χ2v) is 9.71. The van der Waals surface area contributed by atoms with Crippen LogP contribution in [0.2, 0.25) is 0 Å². The molecule has 0 aliphatic rings. The lowest BCUT2D eigenvalue weighted by Gasteiger charge is -2.02. The van der Waals surface area contributed by atoms with E-state index in [1.807, 2.05) is 6.07 Å². The average Bonchev–Trinajstić information content (AvgIpc) is 3.39. The van der Waals surface area contributed by atoms with Crippen LogP contribution >= 0.6 is 11.3 Å². The highest BCUT2D eigenvalue weighted by Crippen LogP contribution is 2.36. The molecule has 0 saturated carbocycles. The Morgan fingerprint density at radius 2 is 1.71 bits per heavy atom. The number of aromatic nitrogens is 3. The second-order valence-electron chi connectivity index (χ2n) is 6.65. The minimum absolute atomic E-state index is 0.0317. The monoisotopic (exact) mass is 449 g/mol. The first-order chi connectivity index (χ1) is 15.0. The number of hydrogen-bond acceptors (Lipinski definition) is 8. The summed E-state index contributed by atoms with van der Waals surface area (Å²) in [6.07, 6.45) is 1.39. The Kier molecular flexibility index (Phi) is 4.45. The number of nitrogen functional groups attached to an aromatic ring is 1. The van der Waals surface area contributed by atoms with Crippen LogP contribution in [0.15, 0.2) is 80.2 Å². The van der Waals surface area contributed by atoms with E-state index in [-0.39, 0.29) is 31.8 Å². The third-order valence-corrected chi connectivity index (χ3v) is 7.92. The van der Waals surface area contributed by atoms with Gasteiger partial charge in [-0.15, -0.1) is 11.3 Å². The number of hydrogen-bond donors (Lipinski definition) is 2. The molecule has 8 nitrogen and oxygen atoms in total. The van der Waals surface area contributed by atoms with E-state index in [9.17, 15) is 13.5 Å². The van der Waals surface area contributed by atoms with Crippen molar-refractivity contribution in [3.05, 3.63) is 71.6 Å². The summed E-state index contributed by atoms with van der Waals surface area (Å²) in [5.41, 5.74) is 8.21. The number of nitrogens with zero attached hydrogens (tertiary/aromatic N) is 4. The van der Waals surface area contributed by atoms with Gasteiger partial charge in [0.15, 0.2) is 5.65 Å². The standard InChI is InChI=1S/C21H15N5O3S2/c22-20-19(31(28,29)17-10-5-11-30-17)18-21(25-15-8-3-2-7-14(15)24-18)26(20)23-12-13-6-1-4-9-16(13)27/h1-12,27H,22H2. The highest BCUT2D eigenvalue weighted by atomic mass is 32.2. The molecule has 0 spiro atoms. The summed E-state index contributed by atoms with van der Waals surface area (Å²) in [5.74, 6) is -0.0744. The van der Waals surface area contributed by atoms with E-state index in [1.54, 1.807) is 47.8 Å². The first-order valence-electron chi connectivity index (χ1n) is 9.14. The predicted octanol–water partition coefficient (Wildman–Crippen LogP) is 3.65. The van der Waals surface area contributed by atoms with Gasteiger partial charge in [-0.05, 0) is 35.7 Å². The Labute approximate surface area is 180 Å². The van der Waals surface area contributed by atoms with Crippen molar-refractivity contribution >= 4 is 55.4 Å². The van der Waals surface area contributed by atoms with Crippen LogP contribution in [0.5, 0.6) is 5.75 Å². The van der Waals surface area contributed by atoms with Crippen LogP contribution < -0.4 is 5.73 Å². The molecule has 3 heterocycles. The van der Waals surface area contributed by atoms with E-state index in [0.29, 0.717) is 16.6 Å². The highest BCUT2D eigenvalue weighted by Gasteiger charge is 2.31. The molecule has 0 fully saturated rings. The Morgan fingerprint density at radius 3 is 2.42 bits per heavy atom. The van der Waals surface area contributed by atoms with Crippen molar-refractivity contribution in [2.45, 2.75) is 9.10 Å². The van der Waals surface area contributed by atoms with Crippen LogP contribution in [-0.2, 0) is 9.84 Å². The van der Waals surface area contributed by atoms with Crippen LogP contribution in [0.4, 0.5) is 5.82 Å². The topological polar surface area (TPSA) is 123 Å². The summed E-state index contributed by atoms with van der Waals surface area (Å²) >= 11 is 1.09. The first-order valence-corrected chi connectivity index (χ1v) is 11.5. The van der Waals surface area contributed by atoms with E-state index >= 15 is 0 Å². The number of phenolic OH excluding ortho intramolecular Hbond substituents is 1. The molecule has 3 aromatic heterocycles. The van der Waals surface area contributed by atoms with Crippen LogP contribution in [0.3, 0.4) is 0 Å². The van der Waals surface area contributed by atoms with Gasteiger partial charge in [0, 0.05) is 5.56 Å². The molecule has 31 heavy (non-hydrogen) atoms. The van der Waals surface area contributed by atoms with Gasteiger partial charge in [0.1, 0.15) is 26.2 Å². The molecule has 0 aliphatic heterocycles. The summed E-state index contributed by atoms with van der Waals surface area (Å²) in [7, 11) is -3.94. The van der Waals surface area contributed by atoms with Gasteiger partial charge in [0.2, 0.25) is 9.84 Å². The van der Waals surface area contributed by atoms with Crippen LogP contribution in [0.1, 0.15) is 5.56 Å². The fraction of sp³-hybridized carbons (Fsp3) is 0. The Bertz CT molecular complexity index is 1570. The van der Waals surface area contributed by atoms with E-state index < -0.39 is 9.84 Å². The first kappa shape index (κ1) is 19.2. The molecule has 0 aliphatic carbocycles. The molecule has 0 radical (unpaired) electrons. The summed E-state index contributed by atoms with van der Waals surface area (Å²) < 4.78 is 28.1. The van der Waals surface area contributed by atoms with Gasteiger partial charge >= 0.3 is 0 Å². The zero-order valence-electron chi connectivity index (χ0n) is 15.9. The smallest absolute Gasteiger partial charge is 0.221 e. The average molecular weight is 450 g/mol. The minimum Gasteiger partial charge on any atom is -0.507 e. The Balaban J connectivity index is 1.82. The molecule has 2 aromatic carbocycles. The van der Waals surface area contributed by atoms with Gasteiger partial charge in [-0.2, -0.15) is 9.78 Å². The lowest BCUT2D eigenvalue weighted by molar-refractivity contribution is 0.474. The fourth-order valence-electron chi connectivity index (χ4n) is 3.24. The van der Waals surface area contributed by atoms with Gasteiger partial charge < -0.3 is 10.8 Å². The van der Waals surface area contributed by atoms with Gasteiger partial charge in [0.05, 0.1) is 17.2 Å². The molecule has 5 aromatic rings. The number of thiophene rings is 1. The van der Waals surface area contributed by atoms with Gasteiger partial charge in [-0.1, -0.05) is 30.3 Å². The highest BCUT2D eigenvalue weighted by molar-refractivity contribution is 7.93. The second kappa shape index (κ2) is 7.18.